The highest BCUT2D eigenvalue weighted by molar-refractivity contribution is 5.97. The first kappa shape index (κ1) is 13.2. The molecule has 1 amide bonds. The van der Waals surface area contributed by atoms with Gasteiger partial charge in [0.15, 0.2) is 0 Å². The first-order valence-electron chi connectivity index (χ1n) is 7.30. The third kappa shape index (κ3) is 1.81. The molecule has 2 saturated carbocycles. The molecule has 1 N–H and O–H groups in total. The maximum atomic E-state index is 12.5. The number of nitro groups is 1. The SMILES string of the molecule is O=C(Nc1cccc([N+](=O)[O-])c1)[C@@H]1[C@@H]2C[C@H]3[C@H]1C(=O)O[C@@H]3C2. The molecule has 3 fully saturated rings. The molecule has 0 spiro atoms. The Labute approximate surface area is 125 Å². The van der Waals surface area contributed by atoms with Crippen molar-refractivity contribution in [1.29, 1.82) is 0 Å². The summed E-state index contributed by atoms with van der Waals surface area (Å²) < 4.78 is 5.31. The highest BCUT2D eigenvalue weighted by Gasteiger charge is 2.63. The van der Waals surface area contributed by atoms with Crippen molar-refractivity contribution >= 4 is 23.3 Å². The quantitative estimate of drug-likeness (QED) is 0.521. The van der Waals surface area contributed by atoms with Crippen molar-refractivity contribution in [2.45, 2.75) is 18.9 Å². The average molecular weight is 302 g/mol. The van der Waals surface area contributed by atoms with E-state index in [0.717, 1.165) is 12.8 Å². The predicted octanol–water partition coefficient (Wildman–Crippen LogP) is 1.73. The van der Waals surface area contributed by atoms with Gasteiger partial charge in [0.05, 0.1) is 16.8 Å². The number of nitrogens with one attached hydrogen (secondary N) is 1. The predicted molar refractivity (Wildman–Crippen MR) is 74.8 cm³/mol. The second-order valence-electron chi connectivity index (χ2n) is 6.22. The zero-order chi connectivity index (χ0) is 15.4. The minimum Gasteiger partial charge on any atom is -0.462 e. The molecule has 1 aliphatic heterocycles. The minimum absolute atomic E-state index is 0.00985. The van der Waals surface area contributed by atoms with Crippen LogP contribution in [0.25, 0.3) is 0 Å². The number of nitro benzene ring substituents is 1. The number of amides is 1. The Morgan fingerprint density at radius 1 is 1.36 bits per heavy atom. The lowest BCUT2D eigenvalue weighted by Crippen LogP contribution is -2.35. The normalized spacial score (nSPS) is 34.5. The Balaban J connectivity index is 1.55. The molecule has 2 bridgehead atoms. The van der Waals surface area contributed by atoms with E-state index in [9.17, 15) is 19.7 Å². The van der Waals surface area contributed by atoms with E-state index < -0.39 is 4.92 Å². The summed E-state index contributed by atoms with van der Waals surface area (Å²) in [5.74, 6) is -0.897. The smallest absolute Gasteiger partial charge is 0.310 e. The topological polar surface area (TPSA) is 98.5 Å². The highest BCUT2D eigenvalue weighted by atomic mass is 16.6. The van der Waals surface area contributed by atoms with Crippen molar-refractivity contribution in [3.8, 4) is 0 Å². The van der Waals surface area contributed by atoms with E-state index in [4.69, 9.17) is 4.74 Å². The van der Waals surface area contributed by atoms with Crippen LogP contribution in [0.3, 0.4) is 0 Å². The third-order valence-corrected chi connectivity index (χ3v) is 5.11. The number of non-ortho nitro benzene ring substituents is 1. The molecule has 5 atom stereocenters. The van der Waals surface area contributed by atoms with Gasteiger partial charge in [0.2, 0.25) is 5.91 Å². The van der Waals surface area contributed by atoms with Gasteiger partial charge in [0.1, 0.15) is 6.10 Å². The van der Waals surface area contributed by atoms with Gasteiger partial charge in [-0.25, -0.2) is 0 Å². The number of hydrogen-bond acceptors (Lipinski definition) is 5. The summed E-state index contributed by atoms with van der Waals surface area (Å²) in [4.78, 5) is 34.7. The fourth-order valence-corrected chi connectivity index (χ4v) is 4.29. The van der Waals surface area contributed by atoms with Gasteiger partial charge >= 0.3 is 5.97 Å². The number of hydrogen-bond donors (Lipinski definition) is 1. The van der Waals surface area contributed by atoms with E-state index >= 15 is 0 Å². The summed E-state index contributed by atoms with van der Waals surface area (Å²) in [6.07, 6.45) is 1.60. The minimum atomic E-state index is -0.508. The summed E-state index contributed by atoms with van der Waals surface area (Å²) >= 11 is 0. The molecule has 7 heteroatoms. The van der Waals surface area contributed by atoms with Crippen molar-refractivity contribution in [1.82, 2.24) is 0 Å². The first-order chi connectivity index (χ1) is 10.5. The molecule has 2 aliphatic carbocycles. The monoisotopic (exact) mass is 302 g/mol. The fraction of sp³-hybridized carbons (Fsp3) is 0.467. The van der Waals surface area contributed by atoms with Gasteiger partial charge in [-0.15, -0.1) is 0 Å². The summed E-state index contributed by atoms with van der Waals surface area (Å²) in [6.45, 7) is 0. The third-order valence-electron chi connectivity index (χ3n) is 5.11. The number of ether oxygens (including phenoxy) is 1. The lowest BCUT2D eigenvalue weighted by atomic mass is 9.79. The van der Waals surface area contributed by atoms with Gasteiger partial charge in [-0.2, -0.15) is 0 Å². The van der Waals surface area contributed by atoms with Crippen LogP contribution in [0.2, 0.25) is 0 Å². The molecule has 0 unspecified atom stereocenters. The van der Waals surface area contributed by atoms with E-state index in [0.29, 0.717) is 5.69 Å². The van der Waals surface area contributed by atoms with Gasteiger partial charge in [0.25, 0.3) is 5.69 Å². The number of benzene rings is 1. The van der Waals surface area contributed by atoms with Gasteiger partial charge < -0.3 is 10.1 Å². The van der Waals surface area contributed by atoms with Crippen LogP contribution in [0.4, 0.5) is 11.4 Å². The second-order valence-corrected chi connectivity index (χ2v) is 6.22. The Bertz CT molecular complexity index is 686. The molecule has 4 rings (SSSR count). The van der Waals surface area contributed by atoms with Gasteiger partial charge in [-0.3, -0.25) is 19.7 Å². The number of nitrogens with zero attached hydrogens (tertiary/aromatic N) is 1. The molecular formula is C15H14N2O5. The Hall–Kier alpha value is -2.44. The molecule has 0 aromatic heterocycles. The lowest BCUT2D eigenvalue weighted by Gasteiger charge is -2.23. The zero-order valence-corrected chi connectivity index (χ0v) is 11.6. The van der Waals surface area contributed by atoms with Crippen LogP contribution in [0, 0.1) is 33.8 Å². The van der Waals surface area contributed by atoms with Crippen LogP contribution in [-0.4, -0.2) is 22.9 Å². The Kier molecular flexibility index (Phi) is 2.72. The first-order valence-corrected chi connectivity index (χ1v) is 7.30. The van der Waals surface area contributed by atoms with Gasteiger partial charge in [-0.05, 0) is 24.8 Å². The molecule has 0 radical (unpaired) electrons. The molecule has 114 valence electrons. The van der Waals surface area contributed by atoms with Gasteiger partial charge in [-0.1, -0.05) is 6.07 Å². The second kappa shape index (κ2) is 4.53. The number of fused-ring (bicyclic) bond motifs is 1. The van der Waals surface area contributed by atoms with Crippen molar-refractivity contribution in [2.75, 3.05) is 5.32 Å². The van der Waals surface area contributed by atoms with E-state index in [2.05, 4.69) is 5.32 Å². The molecule has 7 nitrogen and oxygen atoms in total. The maximum Gasteiger partial charge on any atom is 0.310 e. The van der Waals surface area contributed by atoms with Crippen molar-refractivity contribution < 1.29 is 19.2 Å². The van der Waals surface area contributed by atoms with E-state index in [-0.39, 0.29) is 47.3 Å². The molecular weight excluding hydrogens is 288 g/mol. The number of esters is 1. The summed E-state index contributed by atoms with van der Waals surface area (Å²) in [6, 6.07) is 5.81. The zero-order valence-electron chi connectivity index (χ0n) is 11.6. The van der Waals surface area contributed by atoms with E-state index in [1.807, 2.05) is 0 Å². The Morgan fingerprint density at radius 3 is 2.95 bits per heavy atom. The van der Waals surface area contributed by atoms with Gasteiger partial charge in [0, 0.05) is 23.7 Å². The summed E-state index contributed by atoms with van der Waals surface area (Å²) in [5, 5.41) is 13.5. The van der Waals surface area contributed by atoms with Crippen LogP contribution in [-0.2, 0) is 14.3 Å². The van der Waals surface area contributed by atoms with Crippen LogP contribution >= 0.6 is 0 Å². The molecule has 22 heavy (non-hydrogen) atoms. The van der Waals surface area contributed by atoms with Crippen LogP contribution in [0.1, 0.15) is 12.8 Å². The van der Waals surface area contributed by atoms with E-state index in [1.165, 1.54) is 18.2 Å². The van der Waals surface area contributed by atoms with Crippen LogP contribution in [0.5, 0.6) is 0 Å². The summed E-state index contributed by atoms with van der Waals surface area (Å²) in [5.41, 5.74) is 0.302. The van der Waals surface area contributed by atoms with Crippen LogP contribution in [0.15, 0.2) is 24.3 Å². The van der Waals surface area contributed by atoms with Crippen molar-refractivity contribution in [3.63, 3.8) is 0 Å². The molecule has 1 aromatic rings. The van der Waals surface area contributed by atoms with E-state index in [1.54, 1.807) is 6.07 Å². The number of carbonyl (C=O) groups is 2. The number of anilines is 1. The molecule has 3 aliphatic rings. The maximum absolute atomic E-state index is 12.5. The number of carbonyl (C=O) groups excluding carboxylic acids is 2. The highest BCUT2D eigenvalue weighted by Crippen LogP contribution is 2.57. The summed E-state index contributed by atoms with van der Waals surface area (Å²) in [7, 11) is 0. The largest absolute Gasteiger partial charge is 0.462 e. The molecule has 1 aromatic carbocycles. The Morgan fingerprint density at radius 2 is 2.18 bits per heavy atom. The van der Waals surface area contributed by atoms with Crippen molar-refractivity contribution in [2.24, 2.45) is 23.7 Å². The fourth-order valence-electron chi connectivity index (χ4n) is 4.29. The average Bonchev–Trinajstić information content (AvgIpc) is 3.08. The molecule has 1 saturated heterocycles. The van der Waals surface area contributed by atoms with Crippen molar-refractivity contribution in [3.05, 3.63) is 34.4 Å². The van der Waals surface area contributed by atoms with Crippen LogP contribution < -0.4 is 5.32 Å². The number of rotatable bonds is 3. The standard InChI is InChI=1S/C15H14N2O5/c18-14(16-8-2-1-3-9(6-8)17(20)21)12-7-4-10-11(5-7)22-15(19)13(10)12/h1-3,6-7,10-13H,4-5H2,(H,16,18)/t7-,10-,11-,12-,13-/m1/s1. The lowest BCUT2D eigenvalue weighted by molar-refractivity contribution is -0.384. The molecule has 1 heterocycles.